The molecule has 22 heavy (non-hydrogen) atoms. The van der Waals surface area contributed by atoms with Gasteiger partial charge in [0.05, 0.1) is 18.2 Å². The lowest BCUT2D eigenvalue weighted by atomic mass is 10.3. The number of para-hydroxylation sites is 1. The molecule has 2 aromatic heterocycles. The van der Waals surface area contributed by atoms with Crippen LogP contribution in [0.5, 0.6) is 0 Å². The molecule has 0 aliphatic heterocycles. The lowest BCUT2D eigenvalue weighted by Crippen LogP contribution is -2.25. The standard InChI is InChI=1S/C15H16N6O/c22-15(17-7-4-9-20-10-8-16-12-20)14-11-18-21(19-14)13-5-2-1-3-6-13/h1-3,5-6,8,10-12H,4,7,9H2,(H,17,22). The van der Waals surface area contributed by atoms with Crippen molar-refractivity contribution in [3.05, 3.63) is 60.9 Å². The maximum absolute atomic E-state index is 12.0. The van der Waals surface area contributed by atoms with Crippen LogP contribution in [-0.2, 0) is 6.54 Å². The van der Waals surface area contributed by atoms with E-state index in [1.54, 1.807) is 12.5 Å². The van der Waals surface area contributed by atoms with Gasteiger partial charge in [0, 0.05) is 25.5 Å². The molecule has 3 rings (SSSR count). The summed E-state index contributed by atoms with van der Waals surface area (Å²) in [5.41, 5.74) is 1.13. The molecule has 0 radical (unpaired) electrons. The molecule has 0 spiro atoms. The Labute approximate surface area is 127 Å². The summed E-state index contributed by atoms with van der Waals surface area (Å²) in [6, 6.07) is 9.48. The van der Waals surface area contributed by atoms with Crippen molar-refractivity contribution in [3.8, 4) is 5.69 Å². The van der Waals surface area contributed by atoms with E-state index in [1.165, 1.54) is 11.0 Å². The van der Waals surface area contributed by atoms with E-state index in [1.807, 2.05) is 41.1 Å². The van der Waals surface area contributed by atoms with Crippen LogP contribution in [0.25, 0.3) is 5.69 Å². The van der Waals surface area contributed by atoms with Crippen molar-refractivity contribution in [2.45, 2.75) is 13.0 Å². The lowest BCUT2D eigenvalue weighted by Gasteiger charge is -2.03. The number of aromatic nitrogens is 5. The van der Waals surface area contributed by atoms with Crippen LogP contribution in [0.15, 0.2) is 55.2 Å². The number of nitrogens with one attached hydrogen (secondary N) is 1. The summed E-state index contributed by atoms with van der Waals surface area (Å²) in [6.07, 6.45) is 7.69. The third-order valence-corrected chi connectivity index (χ3v) is 3.15. The normalized spacial score (nSPS) is 10.5. The minimum Gasteiger partial charge on any atom is -0.351 e. The van der Waals surface area contributed by atoms with Crippen molar-refractivity contribution in [2.24, 2.45) is 0 Å². The zero-order valence-corrected chi connectivity index (χ0v) is 12.0. The first-order chi connectivity index (χ1) is 10.8. The number of hydrogen-bond acceptors (Lipinski definition) is 4. The summed E-state index contributed by atoms with van der Waals surface area (Å²) in [5.74, 6) is -0.215. The molecule has 0 saturated heterocycles. The summed E-state index contributed by atoms with van der Waals surface area (Å²) in [5, 5.41) is 11.1. The first-order valence-electron chi connectivity index (χ1n) is 7.04. The van der Waals surface area contributed by atoms with Gasteiger partial charge in [0.25, 0.3) is 5.91 Å². The first kappa shape index (κ1) is 14.0. The van der Waals surface area contributed by atoms with Gasteiger partial charge in [-0.25, -0.2) is 4.98 Å². The Morgan fingerprint density at radius 3 is 2.86 bits per heavy atom. The minimum absolute atomic E-state index is 0.215. The molecule has 1 aromatic carbocycles. The van der Waals surface area contributed by atoms with Gasteiger partial charge in [-0.3, -0.25) is 4.79 Å². The number of rotatable bonds is 6. The van der Waals surface area contributed by atoms with Gasteiger partial charge in [-0.1, -0.05) is 18.2 Å². The highest BCUT2D eigenvalue weighted by atomic mass is 16.2. The van der Waals surface area contributed by atoms with E-state index >= 15 is 0 Å². The maximum Gasteiger partial charge on any atom is 0.273 e. The van der Waals surface area contributed by atoms with Crippen molar-refractivity contribution < 1.29 is 4.79 Å². The van der Waals surface area contributed by atoms with Gasteiger partial charge in [0.1, 0.15) is 0 Å². The number of aryl methyl sites for hydroxylation is 1. The maximum atomic E-state index is 12.0. The number of benzene rings is 1. The van der Waals surface area contributed by atoms with Crippen molar-refractivity contribution in [1.29, 1.82) is 0 Å². The van der Waals surface area contributed by atoms with Gasteiger partial charge in [0.2, 0.25) is 0 Å². The first-order valence-corrected chi connectivity index (χ1v) is 7.04. The molecule has 0 fully saturated rings. The SMILES string of the molecule is O=C(NCCCn1ccnc1)c1cnn(-c2ccccc2)n1. The van der Waals surface area contributed by atoms with Crippen LogP contribution in [0.1, 0.15) is 16.9 Å². The average Bonchev–Trinajstić information content (AvgIpc) is 3.24. The van der Waals surface area contributed by atoms with Crippen LogP contribution < -0.4 is 5.32 Å². The molecule has 0 aliphatic rings. The molecule has 0 saturated carbocycles. The van der Waals surface area contributed by atoms with E-state index in [-0.39, 0.29) is 5.91 Å². The molecule has 112 valence electrons. The van der Waals surface area contributed by atoms with Crippen molar-refractivity contribution in [1.82, 2.24) is 29.9 Å². The number of nitrogens with zero attached hydrogens (tertiary/aromatic N) is 5. The van der Waals surface area contributed by atoms with Crippen molar-refractivity contribution >= 4 is 5.91 Å². The van der Waals surface area contributed by atoms with E-state index in [4.69, 9.17) is 0 Å². The predicted molar refractivity (Wildman–Crippen MR) is 80.5 cm³/mol. The third-order valence-electron chi connectivity index (χ3n) is 3.15. The molecule has 1 N–H and O–H groups in total. The molecule has 3 aromatic rings. The Bertz CT molecular complexity index is 720. The van der Waals surface area contributed by atoms with E-state index < -0.39 is 0 Å². The van der Waals surface area contributed by atoms with Crippen LogP contribution >= 0.6 is 0 Å². The highest BCUT2D eigenvalue weighted by Gasteiger charge is 2.10. The van der Waals surface area contributed by atoms with Gasteiger partial charge < -0.3 is 9.88 Å². The molecule has 1 amide bonds. The molecule has 7 heteroatoms. The zero-order chi connectivity index (χ0) is 15.2. The van der Waals surface area contributed by atoms with Gasteiger partial charge in [-0.2, -0.15) is 9.90 Å². The molecular formula is C15H16N6O. The largest absolute Gasteiger partial charge is 0.351 e. The number of imidazole rings is 1. The molecule has 0 bridgehead atoms. The van der Waals surface area contributed by atoms with Gasteiger partial charge in [-0.15, -0.1) is 5.10 Å². The van der Waals surface area contributed by atoms with E-state index in [2.05, 4.69) is 20.5 Å². The molecular weight excluding hydrogens is 280 g/mol. The monoisotopic (exact) mass is 296 g/mol. The number of hydrogen-bond donors (Lipinski definition) is 1. The molecule has 0 unspecified atom stereocenters. The van der Waals surface area contributed by atoms with Gasteiger partial charge in [0.15, 0.2) is 5.69 Å². The number of carbonyl (C=O) groups excluding carboxylic acids is 1. The minimum atomic E-state index is -0.215. The smallest absolute Gasteiger partial charge is 0.273 e. The molecule has 0 aliphatic carbocycles. The number of carbonyl (C=O) groups is 1. The Morgan fingerprint density at radius 1 is 1.23 bits per heavy atom. The third kappa shape index (κ3) is 3.38. The molecule has 2 heterocycles. The average molecular weight is 296 g/mol. The summed E-state index contributed by atoms with van der Waals surface area (Å²) in [7, 11) is 0. The highest BCUT2D eigenvalue weighted by molar-refractivity contribution is 5.91. The van der Waals surface area contributed by atoms with Crippen LogP contribution in [0.4, 0.5) is 0 Å². The second kappa shape index (κ2) is 6.66. The summed E-state index contributed by atoms with van der Waals surface area (Å²) < 4.78 is 1.97. The molecule has 0 atom stereocenters. The summed E-state index contributed by atoms with van der Waals surface area (Å²) >= 11 is 0. The Morgan fingerprint density at radius 2 is 2.09 bits per heavy atom. The topological polar surface area (TPSA) is 77.6 Å². The summed E-state index contributed by atoms with van der Waals surface area (Å²) in [6.45, 7) is 1.40. The van der Waals surface area contributed by atoms with Crippen molar-refractivity contribution in [2.75, 3.05) is 6.54 Å². The number of amides is 1. The van der Waals surface area contributed by atoms with Crippen LogP contribution in [0.3, 0.4) is 0 Å². The van der Waals surface area contributed by atoms with Gasteiger partial charge in [-0.05, 0) is 18.6 Å². The highest BCUT2D eigenvalue weighted by Crippen LogP contribution is 2.04. The van der Waals surface area contributed by atoms with Crippen LogP contribution in [0.2, 0.25) is 0 Å². The quantitative estimate of drug-likeness (QED) is 0.695. The second-order valence-electron chi connectivity index (χ2n) is 4.76. The Kier molecular flexibility index (Phi) is 4.24. The van der Waals surface area contributed by atoms with Crippen molar-refractivity contribution in [3.63, 3.8) is 0 Å². The van der Waals surface area contributed by atoms with E-state index in [9.17, 15) is 4.79 Å². The van der Waals surface area contributed by atoms with Crippen LogP contribution in [-0.4, -0.2) is 37.0 Å². The van der Waals surface area contributed by atoms with Gasteiger partial charge >= 0.3 is 0 Å². The predicted octanol–water partition coefficient (Wildman–Crippen LogP) is 1.28. The fourth-order valence-electron chi connectivity index (χ4n) is 2.03. The van der Waals surface area contributed by atoms with E-state index in [0.717, 1.165) is 18.7 Å². The molecule has 7 nitrogen and oxygen atoms in total. The van der Waals surface area contributed by atoms with Crippen LogP contribution in [0, 0.1) is 0 Å². The lowest BCUT2D eigenvalue weighted by molar-refractivity contribution is 0.0947. The Hall–Kier alpha value is -2.96. The summed E-state index contributed by atoms with van der Waals surface area (Å²) in [4.78, 5) is 17.4. The fraction of sp³-hybridized carbons (Fsp3) is 0.200. The zero-order valence-electron chi connectivity index (χ0n) is 12.0. The second-order valence-corrected chi connectivity index (χ2v) is 4.76. The Balaban J connectivity index is 1.51. The van der Waals surface area contributed by atoms with E-state index in [0.29, 0.717) is 12.2 Å². The fourth-order valence-corrected chi connectivity index (χ4v) is 2.03.